The molecule has 20 heavy (non-hydrogen) atoms. The van der Waals surface area contributed by atoms with Crippen LogP contribution in [-0.4, -0.2) is 44.5 Å². The van der Waals surface area contributed by atoms with E-state index in [1.165, 1.54) is 4.90 Å². The van der Waals surface area contributed by atoms with Crippen LogP contribution in [0.5, 0.6) is 0 Å². The molecule has 0 unspecified atom stereocenters. The Morgan fingerprint density at radius 2 is 1.95 bits per heavy atom. The number of nitrogens with zero attached hydrogens (tertiary/aromatic N) is 1. The third-order valence-electron chi connectivity index (χ3n) is 3.32. The molecule has 5 heteroatoms. The van der Waals surface area contributed by atoms with Crippen LogP contribution in [0.4, 0.5) is 4.79 Å². The number of ether oxygens (including phenoxy) is 1. The summed E-state index contributed by atoms with van der Waals surface area (Å²) in [5.74, 6) is 0.0943. The molecule has 2 atom stereocenters. The molecule has 1 aromatic carbocycles. The van der Waals surface area contributed by atoms with Crippen LogP contribution >= 0.6 is 0 Å². The molecule has 0 bridgehead atoms. The van der Waals surface area contributed by atoms with E-state index in [2.05, 4.69) is 0 Å². The van der Waals surface area contributed by atoms with Crippen LogP contribution in [0.3, 0.4) is 0 Å². The second-order valence-corrected chi connectivity index (χ2v) is 8.14. The van der Waals surface area contributed by atoms with Gasteiger partial charge in [0.25, 0.3) is 0 Å². The number of amides is 2. The van der Waals surface area contributed by atoms with Crippen molar-refractivity contribution in [1.82, 2.24) is 4.90 Å². The van der Waals surface area contributed by atoms with Gasteiger partial charge in [-0.2, -0.15) is 0 Å². The van der Waals surface area contributed by atoms with Gasteiger partial charge in [-0.05, 0) is 0 Å². The summed E-state index contributed by atoms with van der Waals surface area (Å²) in [5.41, 5.74) is 0. The van der Waals surface area contributed by atoms with Gasteiger partial charge in [0.1, 0.15) is 0 Å². The molecule has 1 aromatic rings. The third-order valence-corrected chi connectivity index (χ3v) is 5.62. The molecule has 1 heterocycles. The van der Waals surface area contributed by atoms with Crippen molar-refractivity contribution < 1.29 is 14.3 Å². The van der Waals surface area contributed by atoms with Crippen LogP contribution in [0.15, 0.2) is 30.3 Å². The number of cyclic esters (lactones) is 1. The molecule has 0 saturated carbocycles. The monoisotopic (exact) mass is 341 g/mol. The van der Waals surface area contributed by atoms with Gasteiger partial charge >= 0.3 is 125 Å². The van der Waals surface area contributed by atoms with Crippen molar-refractivity contribution >= 4 is 31.4 Å². The molecule has 1 saturated heterocycles. The summed E-state index contributed by atoms with van der Waals surface area (Å²) in [6.45, 7) is 6.20. The molecule has 1 aliphatic rings. The van der Waals surface area contributed by atoms with E-state index in [9.17, 15) is 9.59 Å². The van der Waals surface area contributed by atoms with Gasteiger partial charge < -0.3 is 0 Å². The number of benzene rings is 1. The van der Waals surface area contributed by atoms with Crippen molar-refractivity contribution in [2.24, 2.45) is 5.92 Å². The van der Waals surface area contributed by atoms with Crippen molar-refractivity contribution in [3.63, 3.8) is 0 Å². The molecule has 0 aromatic heterocycles. The van der Waals surface area contributed by atoms with E-state index in [4.69, 9.17) is 4.74 Å². The van der Waals surface area contributed by atoms with Crippen LogP contribution in [0.1, 0.15) is 20.8 Å². The fourth-order valence-electron chi connectivity index (χ4n) is 2.13. The van der Waals surface area contributed by atoms with Crippen molar-refractivity contribution in [1.29, 1.82) is 0 Å². The average molecular weight is 340 g/mol. The third kappa shape index (κ3) is 3.22. The quantitative estimate of drug-likeness (QED) is 0.786. The molecule has 1 aliphatic heterocycles. The Labute approximate surface area is 125 Å². The normalized spacial score (nSPS) is 20.1. The summed E-state index contributed by atoms with van der Waals surface area (Å²) in [6, 6.07) is 9.80. The van der Waals surface area contributed by atoms with E-state index in [0.29, 0.717) is 6.61 Å². The number of hydrogen-bond donors (Lipinski definition) is 0. The molecule has 2 rings (SSSR count). The number of carbonyl (C=O) groups is 2. The second kappa shape index (κ2) is 6.42. The van der Waals surface area contributed by atoms with E-state index in [0.717, 1.165) is 4.46 Å². The molecular formula is C15H19NO3Se. The predicted octanol–water partition coefficient (Wildman–Crippen LogP) is 1.83. The molecule has 0 spiro atoms. The number of carbonyl (C=O) groups excluding carboxylic acids is 2. The van der Waals surface area contributed by atoms with E-state index < -0.39 is 6.09 Å². The predicted molar refractivity (Wildman–Crippen MR) is 78.1 cm³/mol. The molecule has 4 nitrogen and oxygen atoms in total. The van der Waals surface area contributed by atoms with Gasteiger partial charge in [-0.3, -0.25) is 0 Å². The zero-order chi connectivity index (χ0) is 14.7. The summed E-state index contributed by atoms with van der Waals surface area (Å²) < 4.78 is 6.20. The minimum absolute atomic E-state index is 0.0166. The molecule has 0 radical (unpaired) electrons. The minimum atomic E-state index is -0.496. The van der Waals surface area contributed by atoms with Crippen LogP contribution in [0.2, 0.25) is 4.82 Å². The van der Waals surface area contributed by atoms with Gasteiger partial charge in [-0.15, -0.1) is 0 Å². The van der Waals surface area contributed by atoms with E-state index >= 15 is 0 Å². The standard InChI is InChI=1S/C15H19NO3Se/c1-10(2)13-9-19-15(18)16(13)14(17)11(3)20-12-7-5-4-6-8-12/h4-8,10-11,13H,9H2,1-3H3/t11-,13+/m0/s1. The zero-order valence-corrected chi connectivity index (χ0v) is 13.6. The number of imide groups is 1. The summed E-state index contributed by atoms with van der Waals surface area (Å²) in [7, 11) is 0. The van der Waals surface area contributed by atoms with Gasteiger partial charge in [-0.1, -0.05) is 0 Å². The maximum atomic E-state index is 12.5. The second-order valence-electron chi connectivity index (χ2n) is 5.17. The van der Waals surface area contributed by atoms with E-state index in [-0.39, 0.29) is 37.6 Å². The van der Waals surface area contributed by atoms with Crippen molar-refractivity contribution in [3.8, 4) is 0 Å². The summed E-state index contributed by atoms with van der Waals surface area (Å²) in [5, 5.41) is 0. The first kappa shape index (κ1) is 15.1. The van der Waals surface area contributed by atoms with Crippen LogP contribution in [0, 0.1) is 5.92 Å². The molecule has 2 amide bonds. The molecular weight excluding hydrogens is 321 g/mol. The zero-order valence-electron chi connectivity index (χ0n) is 11.9. The van der Waals surface area contributed by atoms with Crippen molar-refractivity contribution in [2.75, 3.05) is 6.61 Å². The first-order chi connectivity index (χ1) is 9.50. The molecule has 0 aliphatic carbocycles. The fraction of sp³-hybridized carbons (Fsp3) is 0.467. The Balaban J connectivity index is 2.07. The van der Waals surface area contributed by atoms with E-state index in [1.54, 1.807) is 0 Å². The Hall–Kier alpha value is -1.32. The Morgan fingerprint density at radius 3 is 2.55 bits per heavy atom. The fourth-order valence-corrected chi connectivity index (χ4v) is 4.10. The van der Waals surface area contributed by atoms with Gasteiger partial charge in [0.05, 0.1) is 0 Å². The van der Waals surface area contributed by atoms with Gasteiger partial charge in [-0.25, -0.2) is 0 Å². The number of rotatable bonds is 4. The number of hydrogen-bond acceptors (Lipinski definition) is 3. The Bertz CT molecular complexity index is 489. The maximum absolute atomic E-state index is 12.5. The summed E-state index contributed by atoms with van der Waals surface area (Å²) >= 11 is 0.0166. The van der Waals surface area contributed by atoms with Crippen molar-refractivity contribution in [3.05, 3.63) is 30.3 Å². The van der Waals surface area contributed by atoms with E-state index in [1.807, 2.05) is 51.1 Å². The summed E-state index contributed by atoms with van der Waals surface area (Å²) in [6.07, 6.45) is -0.496. The van der Waals surface area contributed by atoms with Gasteiger partial charge in [0.15, 0.2) is 0 Å². The van der Waals surface area contributed by atoms with Crippen LogP contribution < -0.4 is 4.46 Å². The van der Waals surface area contributed by atoms with Gasteiger partial charge in [0.2, 0.25) is 0 Å². The first-order valence-corrected chi connectivity index (χ1v) is 8.56. The van der Waals surface area contributed by atoms with Crippen LogP contribution in [0.25, 0.3) is 0 Å². The summed E-state index contributed by atoms with van der Waals surface area (Å²) in [4.78, 5) is 25.4. The Morgan fingerprint density at radius 1 is 1.30 bits per heavy atom. The molecule has 0 N–H and O–H groups in total. The average Bonchev–Trinajstić information content (AvgIpc) is 2.81. The topological polar surface area (TPSA) is 46.6 Å². The van der Waals surface area contributed by atoms with Crippen molar-refractivity contribution in [2.45, 2.75) is 31.6 Å². The molecule has 1 fully saturated rings. The molecule has 108 valence electrons. The van der Waals surface area contributed by atoms with Gasteiger partial charge in [0, 0.05) is 0 Å². The SMILES string of the molecule is CC(C)[C@H]1COC(=O)N1C(=O)[C@H](C)[Se]c1ccccc1. The van der Waals surface area contributed by atoms with Crippen LogP contribution in [-0.2, 0) is 9.53 Å². The first-order valence-electron chi connectivity index (χ1n) is 6.72. The Kier molecular flexibility index (Phi) is 4.84.